The molecule has 1 amide bonds. The molecule has 5 rings (SSSR count). The number of hydrogen-bond donors (Lipinski definition) is 1. The summed E-state index contributed by atoms with van der Waals surface area (Å²) < 4.78 is 0. The van der Waals surface area contributed by atoms with Crippen molar-refractivity contribution >= 4 is 22.5 Å². The van der Waals surface area contributed by atoms with E-state index >= 15 is 0 Å². The number of fused-ring (bicyclic) bond motifs is 1. The Morgan fingerprint density at radius 1 is 1.10 bits per heavy atom. The Hall–Kier alpha value is -2.92. The van der Waals surface area contributed by atoms with Gasteiger partial charge in [-0.05, 0) is 75.7 Å². The SMILES string of the molecule is Cc1ccc(N2CC(N(C)C)C2)cc1C(=O)NC1(c2ccc(C)c3ncccc23)CC1. The zero-order valence-corrected chi connectivity index (χ0v) is 18.8. The van der Waals surface area contributed by atoms with Gasteiger partial charge in [-0.1, -0.05) is 24.3 Å². The summed E-state index contributed by atoms with van der Waals surface area (Å²) in [4.78, 5) is 22.6. The molecule has 2 heterocycles. The number of nitrogens with one attached hydrogen (secondary N) is 1. The highest BCUT2D eigenvalue weighted by Crippen LogP contribution is 2.48. The minimum atomic E-state index is -0.290. The fourth-order valence-corrected chi connectivity index (χ4v) is 4.65. The van der Waals surface area contributed by atoms with Crippen molar-refractivity contribution in [3.63, 3.8) is 0 Å². The molecule has 1 saturated heterocycles. The minimum absolute atomic E-state index is 0.0131. The number of aromatic nitrogens is 1. The van der Waals surface area contributed by atoms with Gasteiger partial charge in [-0.25, -0.2) is 0 Å². The van der Waals surface area contributed by atoms with Gasteiger partial charge in [-0.2, -0.15) is 0 Å². The molecule has 0 spiro atoms. The van der Waals surface area contributed by atoms with Crippen molar-refractivity contribution < 1.29 is 4.79 Å². The van der Waals surface area contributed by atoms with Crippen LogP contribution in [0.2, 0.25) is 0 Å². The monoisotopic (exact) mass is 414 g/mol. The number of nitrogens with zero attached hydrogens (tertiary/aromatic N) is 3. The Morgan fingerprint density at radius 2 is 1.84 bits per heavy atom. The van der Waals surface area contributed by atoms with E-state index in [1.165, 1.54) is 5.56 Å². The maximum Gasteiger partial charge on any atom is 0.252 e. The summed E-state index contributed by atoms with van der Waals surface area (Å²) in [6.07, 6.45) is 3.76. The molecule has 1 N–H and O–H groups in total. The molecule has 1 aromatic heterocycles. The van der Waals surface area contributed by atoms with Crippen LogP contribution in [0, 0.1) is 13.8 Å². The van der Waals surface area contributed by atoms with Crippen LogP contribution in [0.25, 0.3) is 10.9 Å². The first-order valence-electron chi connectivity index (χ1n) is 11.1. The first-order valence-corrected chi connectivity index (χ1v) is 11.1. The predicted octanol–water partition coefficient (Wildman–Crippen LogP) is 4.02. The van der Waals surface area contributed by atoms with Crippen LogP contribution in [-0.4, -0.2) is 49.0 Å². The highest BCUT2D eigenvalue weighted by atomic mass is 16.1. The molecule has 1 aliphatic heterocycles. The van der Waals surface area contributed by atoms with Gasteiger partial charge in [0.1, 0.15) is 0 Å². The summed E-state index contributed by atoms with van der Waals surface area (Å²) in [6.45, 7) is 6.11. The van der Waals surface area contributed by atoms with E-state index in [0.717, 1.165) is 59.2 Å². The van der Waals surface area contributed by atoms with Gasteiger partial charge in [0.05, 0.1) is 11.1 Å². The van der Waals surface area contributed by atoms with E-state index in [1.54, 1.807) is 0 Å². The van der Waals surface area contributed by atoms with Gasteiger partial charge in [-0.3, -0.25) is 9.78 Å². The first kappa shape index (κ1) is 20.0. The molecule has 0 unspecified atom stereocenters. The second kappa shape index (κ2) is 7.34. The van der Waals surface area contributed by atoms with Crippen LogP contribution in [0.3, 0.4) is 0 Å². The topological polar surface area (TPSA) is 48.5 Å². The number of hydrogen-bond acceptors (Lipinski definition) is 4. The molecule has 160 valence electrons. The fraction of sp³-hybridized carbons (Fsp3) is 0.385. The largest absolute Gasteiger partial charge is 0.368 e. The maximum atomic E-state index is 13.4. The lowest BCUT2D eigenvalue weighted by Gasteiger charge is -2.44. The highest BCUT2D eigenvalue weighted by molar-refractivity contribution is 5.98. The summed E-state index contributed by atoms with van der Waals surface area (Å²) in [5, 5.41) is 4.53. The molecule has 1 aliphatic carbocycles. The molecule has 31 heavy (non-hydrogen) atoms. The van der Waals surface area contributed by atoms with Crippen LogP contribution >= 0.6 is 0 Å². The summed E-state index contributed by atoms with van der Waals surface area (Å²) in [6, 6.07) is 15.2. The highest BCUT2D eigenvalue weighted by Gasteiger charge is 2.47. The standard InChI is InChI=1S/C26H30N4O/c1-17-7-9-19(30-15-20(16-30)29(3)4)14-22(17)25(31)28-26(11-12-26)23-10-8-18(2)24-21(23)6-5-13-27-24/h5-10,13-14,20H,11-12,15-16H2,1-4H3,(H,28,31). The van der Waals surface area contributed by atoms with E-state index in [2.05, 4.69) is 77.5 Å². The van der Waals surface area contributed by atoms with E-state index < -0.39 is 0 Å². The van der Waals surface area contributed by atoms with Crippen LogP contribution in [0.1, 0.15) is 39.9 Å². The Bertz CT molecular complexity index is 1160. The molecule has 2 aliphatic rings. The van der Waals surface area contributed by atoms with Crippen molar-refractivity contribution in [1.29, 1.82) is 0 Å². The van der Waals surface area contributed by atoms with Gasteiger partial charge >= 0.3 is 0 Å². The average molecular weight is 415 g/mol. The number of anilines is 1. The molecular formula is C26H30N4O. The van der Waals surface area contributed by atoms with E-state index in [9.17, 15) is 4.79 Å². The van der Waals surface area contributed by atoms with Gasteiger partial charge in [0.2, 0.25) is 0 Å². The van der Waals surface area contributed by atoms with Crippen LogP contribution < -0.4 is 10.2 Å². The van der Waals surface area contributed by atoms with Gasteiger partial charge in [-0.15, -0.1) is 0 Å². The van der Waals surface area contributed by atoms with Gasteiger partial charge < -0.3 is 15.1 Å². The van der Waals surface area contributed by atoms with E-state index in [-0.39, 0.29) is 11.4 Å². The first-order chi connectivity index (χ1) is 14.9. The Morgan fingerprint density at radius 3 is 2.55 bits per heavy atom. The second-order valence-electron chi connectivity index (χ2n) is 9.39. The van der Waals surface area contributed by atoms with E-state index in [1.807, 2.05) is 19.2 Å². The van der Waals surface area contributed by atoms with Gasteiger partial charge in [0.25, 0.3) is 5.91 Å². The van der Waals surface area contributed by atoms with E-state index in [4.69, 9.17) is 0 Å². The number of pyridine rings is 1. The number of rotatable bonds is 5. The maximum absolute atomic E-state index is 13.4. The third-order valence-corrected chi connectivity index (χ3v) is 7.01. The molecule has 2 fully saturated rings. The third kappa shape index (κ3) is 3.47. The van der Waals surface area contributed by atoms with Crippen molar-refractivity contribution in [1.82, 2.24) is 15.2 Å². The molecule has 0 radical (unpaired) electrons. The number of amides is 1. The molecule has 5 nitrogen and oxygen atoms in total. The Balaban J connectivity index is 1.41. The lowest BCUT2D eigenvalue weighted by atomic mass is 9.96. The summed E-state index contributed by atoms with van der Waals surface area (Å²) >= 11 is 0. The summed E-state index contributed by atoms with van der Waals surface area (Å²) in [5.74, 6) is 0.0131. The molecule has 0 atom stereocenters. The average Bonchev–Trinajstić information content (AvgIpc) is 3.48. The third-order valence-electron chi connectivity index (χ3n) is 7.01. The van der Waals surface area contributed by atoms with Crippen molar-refractivity contribution in [3.05, 3.63) is 70.9 Å². The van der Waals surface area contributed by atoms with E-state index in [0.29, 0.717) is 6.04 Å². The molecule has 1 saturated carbocycles. The Labute approximate surface area is 184 Å². The normalized spacial score (nSPS) is 17.6. The molecule has 2 aromatic carbocycles. The fourth-order valence-electron chi connectivity index (χ4n) is 4.65. The van der Waals surface area contributed by atoms with Crippen LogP contribution in [-0.2, 0) is 5.54 Å². The predicted molar refractivity (Wildman–Crippen MR) is 126 cm³/mol. The lowest BCUT2D eigenvalue weighted by Crippen LogP contribution is -2.57. The number of carbonyl (C=O) groups excluding carboxylic acids is 1. The quantitative estimate of drug-likeness (QED) is 0.685. The van der Waals surface area contributed by atoms with Gasteiger partial charge in [0.15, 0.2) is 0 Å². The zero-order chi connectivity index (χ0) is 21.8. The second-order valence-corrected chi connectivity index (χ2v) is 9.39. The van der Waals surface area contributed by atoms with Crippen molar-refractivity contribution in [2.24, 2.45) is 0 Å². The van der Waals surface area contributed by atoms with Crippen LogP contribution in [0.4, 0.5) is 5.69 Å². The Kier molecular flexibility index (Phi) is 4.74. The molecular weight excluding hydrogens is 384 g/mol. The smallest absolute Gasteiger partial charge is 0.252 e. The lowest BCUT2D eigenvalue weighted by molar-refractivity contribution is 0.0930. The molecule has 5 heteroatoms. The zero-order valence-electron chi connectivity index (χ0n) is 18.8. The number of likely N-dealkylation sites (N-methyl/N-ethyl adjacent to an activating group) is 1. The summed E-state index contributed by atoms with van der Waals surface area (Å²) in [5.41, 5.74) is 5.98. The number of aryl methyl sites for hydroxylation is 2. The van der Waals surface area contributed by atoms with Crippen molar-refractivity contribution in [2.75, 3.05) is 32.1 Å². The van der Waals surface area contributed by atoms with Crippen molar-refractivity contribution in [2.45, 2.75) is 38.3 Å². The van der Waals surface area contributed by atoms with Crippen molar-refractivity contribution in [3.8, 4) is 0 Å². The summed E-state index contributed by atoms with van der Waals surface area (Å²) in [7, 11) is 4.24. The van der Waals surface area contributed by atoms with Gasteiger partial charge in [0, 0.05) is 42.0 Å². The molecule has 3 aromatic rings. The van der Waals surface area contributed by atoms with Crippen LogP contribution in [0.15, 0.2) is 48.7 Å². The number of benzene rings is 2. The minimum Gasteiger partial charge on any atom is -0.368 e. The number of carbonyl (C=O) groups is 1. The molecule has 0 bridgehead atoms. The van der Waals surface area contributed by atoms with Crippen LogP contribution in [0.5, 0.6) is 0 Å².